The molecule has 0 unspecified atom stereocenters. The number of hydrogen-bond donors (Lipinski definition) is 1. The van der Waals surface area contributed by atoms with Crippen molar-refractivity contribution in [3.05, 3.63) is 33.9 Å². The average Bonchev–Trinajstić information content (AvgIpc) is 3.62. The van der Waals surface area contributed by atoms with Gasteiger partial charge < -0.3 is 28.9 Å². The molecular weight excluding hydrogens is 494 g/mol. The minimum Gasteiger partial charge on any atom is -0.492 e. The molecule has 1 aromatic heterocycles. The van der Waals surface area contributed by atoms with Crippen molar-refractivity contribution in [1.82, 2.24) is 9.88 Å². The van der Waals surface area contributed by atoms with Crippen LogP contribution in [0.25, 0.3) is 10.9 Å². The highest BCUT2D eigenvalue weighted by Gasteiger charge is 2.34. The second-order valence-corrected chi connectivity index (χ2v) is 10.2. The summed E-state index contributed by atoms with van der Waals surface area (Å²) in [6, 6.07) is 0.565. The van der Waals surface area contributed by atoms with Gasteiger partial charge in [0.05, 0.1) is 18.0 Å². The second kappa shape index (κ2) is 10.2. The first-order valence-electron chi connectivity index (χ1n) is 12.1. The first-order valence-corrected chi connectivity index (χ1v) is 12.1. The molecule has 2 aromatic rings. The van der Waals surface area contributed by atoms with Gasteiger partial charge >= 0.3 is 19.5 Å². The SMILES string of the molecule is COc1c(N2CCC[C@H](NC(=O)OC(C)(C)C)C2)c(F)cc2c(=O)c(C(=O)OB(F)F)cn(C3CC3)c12. The van der Waals surface area contributed by atoms with Crippen LogP contribution in [0, 0.1) is 5.82 Å². The molecule has 1 aliphatic carbocycles. The number of piperidine rings is 1. The van der Waals surface area contributed by atoms with Crippen molar-refractivity contribution in [3.8, 4) is 5.75 Å². The summed E-state index contributed by atoms with van der Waals surface area (Å²) >= 11 is 0. The van der Waals surface area contributed by atoms with Crippen LogP contribution in [0.3, 0.4) is 0 Å². The van der Waals surface area contributed by atoms with Gasteiger partial charge in [-0.15, -0.1) is 0 Å². The molecule has 13 heteroatoms. The molecule has 37 heavy (non-hydrogen) atoms. The number of fused-ring (bicyclic) bond motifs is 1. The maximum atomic E-state index is 15.6. The maximum Gasteiger partial charge on any atom is 0.798 e. The number of halogens is 3. The highest BCUT2D eigenvalue weighted by atomic mass is 19.2. The van der Waals surface area contributed by atoms with Gasteiger partial charge in [0, 0.05) is 31.4 Å². The lowest BCUT2D eigenvalue weighted by atomic mass is 10.0. The summed E-state index contributed by atoms with van der Waals surface area (Å²) in [4.78, 5) is 39.3. The molecule has 200 valence electrons. The number of methoxy groups -OCH3 is 1. The van der Waals surface area contributed by atoms with Crippen LogP contribution in [0.2, 0.25) is 0 Å². The van der Waals surface area contributed by atoms with E-state index < -0.39 is 41.9 Å². The molecule has 1 saturated heterocycles. The highest BCUT2D eigenvalue weighted by Crippen LogP contribution is 2.44. The maximum absolute atomic E-state index is 15.6. The van der Waals surface area contributed by atoms with Crippen LogP contribution in [0.15, 0.2) is 17.1 Å². The summed E-state index contributed by atoms with van der Waals surface area (Å²) < 4.78 is 57.4. The fraction of sp³-hybridized carbons (Fsp3) is 0.542. The third-order valence-electron chi connectivity index (χ3n) is 6.22. The van der Waals surface area contributed by atoms with E-state index in [0.717, 1.165) is 18.9 Å². The number of amides is 1. The number of benzene rings is 1. The molecule has 2 heterocycles. The first-order chi connectivity index (χ1) is 17.4. The lowest BCUT2D eigenvalue weighted by Crippen LogP contribution is -2.49. The number of aromatic nitrogens is 1. The van der Waals surface area contributed by atoms with Crippen molar-refractivity contribution in [2.75, 3.05) is 25.1 Å². The van der Waals surface area contributed by atoms with Crippen LogP contribution in [-0.2, 0) is 9.39 Å². The van der Waals surface area contributed by atoms with Gasteiger partial charge in [-0.1, -0.05) is 0 Å². The van der Waals surface area contributed by atoms with E-state index in [1.54, 1.807) is 30.2 Å². The molecule has 9 nitrogen and oxygen atoms in total. The number of ether oxygens (including phenoxy) is 2. The lowest BCUT2D eigenvalue weighted by Gasteiger charge is -2.36. The van der Waals surface area contributed by atoms with E-state index in [2.05, 4.69) is 9.97 Å². The fourth-order valence-electron chi connectivity index (χ4n) is 4.63. The quantitative estimate of drug-likeness (QED) is 0.571. The molecule has 1 N–H and O–H groups in total. The monoisotopic (exact) mass is 523 g/mol. The van der Waals surface area contributed by atoms with Crippen molar-refractivity contribution in [2.45, 2.75) is 64.1 Å². The Hall–Kier alpha value is -3.38. The van der Waals surface area contributed by atoms with Gasteiger partial charge in [-0.3, -0.25) is 4.79 Å². The third kappa shape index (κ3) is 5.80. The second-order valence-electron chi connectivity index (χ2n) is 10.2. The molecule has 1 aromatic carbocycles. The normalized spacial score (nSPS) is 17.9. The molecule has 4 rings (SSSR count). The van der Waals surface area contributed by atoms with E-state index >= 15 is 4.39 Å². The lowest BCUT2D eigenvalue weighted by molar-refractivity contribution is 0.0499. The Labute approximate surface area is 212 Å². The molecule has 0 spiro atoms. The predicted octanol–water partition coefficient (Wildman–Crippen LogP) is 4.06. The van der Waals surface area contributed by atoms with Crippen LogP contribution in [0.5, 0.6) is 5.75 Å². The molecule has 1 amide bonds. The van der Waals surface area contributed by atoms with Crippen molar-refractivity contribution >= 4 is 36.1 Å². The highest BCUT2D eigenvalue weighted by molar-refractivity contribution is 6.38. The van der Waals surface area contributed by atoms with Gasteiger partial charge in [0.1, 0.15) is 16.9 Å². The number of rotatable bonds is 6. The summed E-state index contributed by atoms with van der Waals surface area (Å²) in [7, 11) is -2.05. The topological polar surface area (TPSA) is 99.1 Å². The third-order valence-corrected chi connectivity index (χ3v) is 6.22. The summed E-state index contributed by atoms with van der Waals surface area (Å²) in [5.74, 6) is -2.17. The Morgan fingerprint density at radius 3 is 2.49 bits per heavy atom. The molecule has 1 atom stereocenters. The zero-order valence-corrected chi connectivity index (χ0v) is 21.1. The summed E-state index contributed by atoms with van der Waals surface area (Å²) in [6.07, 6.45) is 3.37. The van der Waals surface area contributed by atoms with Gasteiger partial charge in [-0.2, -0.15) is 0 Å². The van der Waals surface area contributed by atoms with E-state index in [1.165, 1.54) is 13.3 Å². The molecule has 1 aliphatic heterocycles. The van der Waals surface area contributed by atoms with Crippen LogP contribution in [0.1, 0.15) is 62.9 Å². The zero-order chi connectivity index (χ0) is 27.1. The van der Waals surface area contributed by atoms with Gasteiger partial charge in [-0.05, 0) is 52.5 Å². The number of alkyl carbamates (subject to hydrolysis) is 1. The van der Waals surface area contributed by atoms with Crippen LogP contribution < -0.4 is 20.4 Å². The van der Waals surface area contributed by atoms with Gasteiger partial charge in [0.2, 0.25) is 5.43 Å². The number of nitrogens with zero attached hydrogens (tertiary/aromatic N) is 2. The molecular formula is C24H29BF3N3O6. The fourth-order valence-corrected chi connectivity index (χ4v) is 4.63. The number of carbonyl (C=O) groups excluding carboxylic acids is 2. The largest absolute Gasteiger partial charge is 0.798 e. The van der Waals surface area contributed by atoms with Crippen molar-refractivity contribution in [3.63, 3.8) is 0 Å². The Morgan fingerprint density at radius 2 is 1.89 bits per heavy atom. The zero-order valence-electron chi connectivity index (χ0n) is 21.1. The number of nitrogens with one attached hydrogen (secondary N) is 1. The van der Waals surface area contributed by atoms with Crippen molar-refractivity contribution in [1.29, 1.82) is 0 Å². The molecule has 2 aliphatic rings. The Kier molecular flexibility index (Phi) is 7.34. The van der Waals surface area contributed by atoms with Crippen LogP contribution in [-0.4, -0.2) is 55.9 Å². The number of anilines is 1. The standard InChI is InChI=1S/C24H29BF3N3O6/c1-24(2,3)36-23(34)29-13-6-5-9-30(11-13)19-17(26)10-15-18(21(19)35-4)31(14-7-8-14)12-16(20(15)32)22(33)37-25(27)28/h10,12-14H,5-9,11H2,1-4H3,(H,29,34)/t13-/m0/s1. The minimum atomic E-state index is -3.40. The van der Waals surface area contributed by atoms with E-state index in [0.29, 0.717) is 19.4 Å². The van der Waals surface area contributed by atoms with Crippen molar-refractivity contribution < 1.29 is 36.7 Å². The van der Waals surface area contributed by atoms with E-state index in [9.17, 15) is 23.0 Å². The van der Waals surface area contributed by atoms with Gasteiger partial charge in [0.25, 0.3) is 0 Å². The van der Waals surface area contributed by atoms with E-state index in [4.69, 9.17) is 9.47 Å². The smallest absolute Gasteiger partial charge is 0.492 e. The Morgan fingerprint density at radius 1 is 1.19 bits per heavy atom. The summed E-state index contributed by atoms with van der Waals surface area (Å²) in [6.45, 7) is 6.01. The Bertz CT molecular complexity index is 1280. The van der Waals surface area contributed by atoms with Crippen molar-refractivity contribution in [2.24, 2.45) is 0 Å². The van der Waals surface area contributed by atoms with Crippen LogP contribution >= 0.6 is 0 Å². The minimum absolute atomic E-state index is 0.0886. The number of pyridine rings is 1. The summed E-state index contributed by atoms with van der Waals surface area (Å²) in [5.41, 5.74) is -1.82. The molecule has 1 saturated carbocycles. The molecule has 0 radical (unpaired) electrons. The first kappa shape index (κ1) is 26.7. The van der Waals surface area contributed by atoms with Gasteiger partial charge in [0.15, 0.2) is 11.6 Å². The average molecular weight is 523 g/mol. The predicted molar refractivity (Wildman–Crippen MR) is 131 cm³/mol. The Balaban J connectivity index is 1.76. The van der Waals surface area contributed by atoms with E-state index in [-0.39, 0.29) is 41.0 Å². The number of hydrogen-bond acceptors (Lipinski definition) is 7. The molecule has 0 bridgehead atoms. The van der Waals surface area contributed by atoms with Crippen LogP contribution in [0.4, 0.5) is 23.5 Å². The van der Waals surface area contributed by atoms with E-state index in [1.807, 2.05) is 0 Å². The van der Waals surface area contributed by atoms with Gasteiger partial charge in [-0.25, -0.2) is 22.6 Å². The molecule has 2 fully saturated rings. The summed E-state index contributed by atoms with van der Waals surface area (Å²) in [5, 5.41) is 2.65. The number of carbonyl (C=O) groups is 2.